The van der Waals surface area contributed by atoms with Crippen LogP contribution in [0.5, 0.6) is 0 Å². The normalized spacial score (nSPS) is 11.1. The molecule has 3 rings (SSSR count). The van der Waals surface area contributed by atoms with E-state index in [1.54, 1.807) is 0 Å². The molecule has 0 radical (unpaired) electrons. The SMILES string of the molecule is Cn1c(=O)[nH]c(=O)c2[nH]c(-c3cnns3)nc21. The summed E-state index contributed by atoms with van der Waals surface area (Å²) in [5, 5.41) is 3.69. The maximum atomic E-state index is 11.6. The van der Waals surface area contributed by atoms with Crippen LogP contribution in [0.3, 0.4) is 0 Å². The highest BCUT2D eigenvalue weighted by atomic mass is 32.1. The molecule has 0 aliphatic heterocycles. The molecule has 0 saturated carbocycles. The van der Waals surface area contributed by atoms with Gasteiger partial charge < -0.3 is 4.98 Å². The molecule has 0 atom stereocenters. The van der Waals surface area contributed by atoms with Gasteiger partial charge in [-0.15, -0.1) is 5.10 Å². The topological polar surface area (TPSA) is 109 Å². The minimum atomic E-state index is -0.497. The monoisotopic (exact) mass is 250 g/mol. The molecule has 0 amide bonds. The van der Waals surface area contributed by atoms with Crippen LogP contribution >= 0.6 is 11.5 Å². The first-order chi connectivity index (χ1) is 8.16. The zero-order valence-corrected chi connectivity index (χ0v) is 9.41. The molecule has 3 aromatic heterocycles. The Morgan fingerprint density at radius 3 is 2.88 bits per heavy atom. The lowest BCUT2D eigenvalue weighted by molar-refractivity contribution is 0.832. The van der Waals surface area contributed by atoms with Crippen molar-refractivity contribution in [3.05, 3.63) is 27.0 Å². The Balaban J connectivity index is 2.41. The van der Waals surface area contributed by atoms with E-state index < -0.39 is 11.2 Å². The molecule has 0 aliphatic rings. The van der Waals surface area contributed by atoms with E-state index in [9.17, 15) is 9.59 Å². The van der Waals surface area contributed by atoms with Gasteiger partial charge in [0.1, 0.15) is 10.4 Å². The molecule has 9 heteroatoms. The molecule has 2 N–H and O–H groups in total. The van der Waals surface area contributed by atoms with Crippen LogP contribution in [0.15, 0.2) is 15.8 Å². The van der Waals surface area contributed by atoms with Crippen LogP contribution in [0.25, 0.3) is 21.9 Å². The summed E-state index contributed by atoms with van der Waals surface area (Å²) in [5.41, 5.74) is -0.417. The van der Waals surface area contributed by atoms with E-state index in [0.717, 1.165) is 11.5 Å². The van der Waals surface area contributed by atoms with Crippen molar-refractivity contribution in [2.24, 2.45) is 7.05 Å². The standard InChI is InChI=1S/C8H6N6O2S/c1-14-6-4(7(15)12-8(14)16)10-5(11-6)3-2-9-13-17-3/h2H,1H3,(H,10,11)(H,12,15,16). The van der Waals surface area contributed by atoms with E-state index in [1.807, 2.05) is 0 Å². The number of H-pyrrole nitrogens is 2. The molecule has 0 fully saturated rings. The Morgan fingerprint density at radius 2 is 2.18 bits per heavy atom. The van der Waals surface area contributed by atoms with Crippen molar-refractivity contribution in [1.29, 1.82) is 0 Å². The number of fused-ring (bicyclic) bond motifs is 1. The highest BCUT2D eigenvalue weighted by Crippen LogP contribution is 2.19. The zero-order chi connectivity index (χ0) is 12.0. The van der Waals surface area contributed by atoms with Crippen molar-refractivity contribution in [3.63, 3.8) is 0 Å². The molecule has 17 heavy (non-hydrogen) atoms. The maximum Gasteiger partial charge on any atom is 0.329 e. The van der Waals surface area contributed by atoms with Gasteiger partial charge in [0.25, 0.3) is 5.56 Å². The molecular weight excluding hydrogens is 244 g/mol. The fourth-order valence-corrected chi connectivity index (χ4v) is 1.95. The highest BCUT2D eigenvalue weighted by molar-refractivity contribution is 7.09. The Kier molecular flexibility index (Phi) is 1.95. The molecule has 86 valence electrons. The lowest BCUT2D eigenvalue weighted by atomic mass is 10.5. The third-order valence-electron chi connectivity index (χ3n) is 2.35. The van der Waals surface area contributed by atoms with Gasteiger partial charge in [0.05, 0.1) is 6.20 Å². The van der Waals surface area contributed by atoms with Crippen LogP contribution in [-0.4, -0.2) is 29.1 Å². The van der Waals surface area contributed by atoms with Gasteiger partial charge in [-0.2, -0.15) is 0 Å². The van der Waals surface area contributed by atoms with Gasteiger partial charge in [0, 0.05) is 7.05 Å². The Hall–Kier alpha value is -2.29. The smallest absolute Gasteiger partial charge is 0.329 e. The Labute approximate surface area is 97.1 Å². The van der Waals surface area contributed by atoms with Crippen LogP contribution in [0.1, 0.15) is 0 Å². The number of nitrogens with one attached hydrogen (secondary N) is 2. The van der Waals surface area contributed by atoms with Crippen molar-refractivity contribution in [3.8, 4) is 10.7 Å². The summed E-state index contributed by atoms with van der Waals surface area (Å²) in [7, 11) is 1.54. The second kappa shape index (κ2) is 3.35. The number of imidazole rings is 1. The fourth-order valence-electron chi connectivity index (χ4n) is 1.49. The van der Waals surface area contributed by atoms with Crippen LogP contribution in [0, 0.1) is 0 Å². The van der Waals surface area contributed by atoms with Gasteiger partial charge >= 0.3 is 5.69 Å². The summed E-state index contributed by atoms with van der Waals surface area (Å²) in [5.74, 6) is 0.474. The number of aromatic nitrogens is 6. The van der Waals surface area contributed by atoms with Gasteiger partial charge in [-0.1, -0.05) is 4.49 Å². The van der Waals surface area contributed by atoms with E-state index in [1.165, 1.54) is 17.8 Å². The Bertz CT molecular complexity index is 796. The zero-order valence-electron chi connectivity index (χ0n) is 8.59. The van der Waals surface area contributed by atoms with Crippen LogP contribution in [0.4, 0.5) is 0 Å². The summed E-state index contributed by atoms with van der Waals surface area (Å²) in [6.45, 7) is 0. The van der Waals surface area contributed by atoms with Crippen molar-refractivity contribution < 1.29 is 0 Å². The Morgan fingerprint density at radius 1 is 1.35 bits per heavy atom. The van der Waals surface area contributed by atoms with E-state index >= 15 is 0 Å². The van der Waals surface area contributed by atoms with Crippen LogP contribution in [0.2, 0.25) is 0 Å². The van der Waals surface area contributed by atoms with Crippen molar-refractivity contribution in [1.82, 2.24) is 29.1 Å². The van der Waals surface area contributed by atoms with Gasteiger partial charge in [-0.05, 0) is 11.5 Å². The van der Waals surface area contributed by atoms with Crippen LogP contribution < -0.4 is 11.2 Å². The molecule has 3 aromatic rings. The highest BCUT2D eigenvalue weighted by Gasteiger charge is 2.12. The average Bonchev–Trinajstić information content (AvgIpc) is 2.94. The molecule has 0 spiro atoms. The van der Waals surface area contributed by atoms with Crippen LogP contribution in [-0.2, 0) is 7.05 Å². The van der Waals surface area contributed by atoms with E-state index in [2.05, 4.69) is 24.5 Å². The fraction of sp³-hybridized carbons (Fsp3) is 0.125. The molecule has 0 aromatic carbocycles. The second-order valence-electron chi connectivity index (χ2n) is 3.38. The lowest BCUT2D eigenvalue weighted by Crippen LogP contribution is -2.28. The average molecular weight is 250 g/mol. The summed E-state index contributed by atoms with van der Waals surface area (Å²) in [4.78, 5) is 32.9. The lowest BCUT2D eigenvalue weighted by Gasteiger charge is -1.94. The minimum Gasteiger partial charge on any atom is -0.331 e. The van der Waals surface area contributed by atoms with Gasteiger partial charge in [0.15, 0.2) is 11.5 Å². The number of hydrogen-bond acceptors (Lipinski definition) is 6. The number of aryl methyl sites for hydroxylation is 1. The summed E-state index contributed by atoms with van der Waals surface area (Å²) in [6.07, 6.45) is 1.54. The van der Waals surface area contributed by atoms with Crippen molar-refractivity contribution in [2.45, 2.75) is 0 Å². The predicted molar refractivity (Wildman–Crippen MR) is 60.9 cm³/mol. The first-order valence-corrected chi connectivity index (χ1v) is 5.41. The number of aromatic amines is 2. The summed E-state index contributed by atoms with van der Waals surface area (Å²) in [6, 6.07) is 0. The third kappa shape index (κ3) is 1.40. The molecule has 3 heterocycles. The number of nitrogens with zero attached hydrogens (tertiary/aromatic N) is 4. The summed E-state index contributed by atoms with van der Waals surface area (Å²) < 4.78 is 4.98. The summed E-state index contributed by atoms with van der Waals surface area (Å²) >= 11 is 1.15. The maximum absolute atomic E-state index is 11.6. The first kappa shape index (κ1) is 9.90. The third-order valence-corrected chi connectivity index (χ3v) is 3.02. The molecule has 8 nitrogen and oxygen atoms in total. The second-order valence-corrected chi connectivity index (χ2v) is 4.17. The quantitative estimate of drug-likeness (QED) is 0.603. The van der Waals surface area contributed by atoms with E-state index in [4.69, 9.17) is 0 Å². The first-order valence-electron chi connectivity index (χ1n) is 4.63. The number of rotatable bonds is 1. The number of hydrogen-bond donors (Lipinski definition) is 2. The van der Waals surface area contributed by atoms with Crippen molar-refractivity contribution in [2.75, 3.05) is 0 Å². The predicted octanol–water partition coefficient (Wildman–Crippen LogP) is -0.532. The molecular formula is C8H6N6O2S. The van der Waals surface area contributed by atoms with Gasteiger partial charge in [0.2, 0.25) is 0 Å². The van der Waals surface area contributed by atoms with E-state index in [0.29, 0.717) is 16.3 Å². The minimum absolute atomic E-state index is 0.260. The van der Waals surface area contributed by atoms with Gasteiger partial charge in [-0.3, -0.25) is 14.3 Å². The molecule has 0 aliphatic carbocycles. The van der Waals surface area contributed by atoms with Gasteiger partial charge in [-0.25, -0.2) is 9.78 Å². The molecule has 0 unspecified atom stereocenters. The van der Waals surface area contributed by atoms with E-state index in [-0.39, 0.29) is 5.52 Å². The van der Waals surface area contributed by atoms with Crippen molar-refractivity contribution >= 4 is 22.7 Å². The molecule has 0 saturated heterocycles. The molecule has 0 bridgehead atoms. The largest absolute Gasteiger partial charge is 0.331 e.